The molecule has 0 spiro atoms. The number of amides is 2. The van der Waals surface area contributed by atoms with E-state index in [4.69, 9.17) is 0 Å². The highest BCUT2D eigenvalue weighted by Crippen LogP contribution is 2.18. The fourth-order valence-corrected chi connectivity index (χ4v) is 3.36. The minimum atomic E-state index is 0.0393. The van der Waals surface area contributed by atoms with E-state index in [1.165, 1.54) is 0 Å². The second-order valence-corrected chi connectivity index (χ2v) is 7.00. The predicted octanol–water partition coefficient (Wildman–Crippen LogP) is 1.54. The number of piperidine rings is 1. The smallest absolute Gasteiger partial charge is 0.317 e. The van der Waals surface area contributed by atoms with Crippen LogP contribution in [-0.4, -0.2) is 55.1 Å². The number of likely N-dealkylation sites (tertiary alicyclic amines) is 1. The summed E-state index contributed by atoms with van der Waals surface area (Å²) in [7, 11) is 0. The minimum Gasteiger partial charge on any atom is -0.338 e. The SMILES string of the molecule is Cc1nccn1CC(C)CNC(=O)N1CCCC(Cn2ccnn2)C1. The van der Waals surface area contributed by atoms with Crippen LogP contribution in [0.2, 0.25) is 0 Å². The van der Waals surface area contributed by atoms with E-state index < -0.39 is 0 Å². The van der Waals surface area contributed by atoms with Crippen molar-refractivity contribution in [3.05, 3.63) is 30.6 Å². The van der Waals surface area contributed by atoms with Gasteiger partial charge in [0.05, 0.1) is 6.20 Å². The molecular weight excluding hydrogens is 318 g/mol. The number of hydrogen-bond donors (Lipinski definition) is 1. The Bertz CT molecular complexity index is 666. The zero-order valence-corrected chi connectivity index (χ0v) is 15.0. The number of carbonyl (C=O) groups excluding carboxylic acids is 1. The monoisotopic (exact) mass is 345 g/mol. The second-order valence-electron chi connectivity index (χ2n) is 7.00. The molecule has 2 amide bonds. The fourth-order valence-electron chi connectivity index (χ4n) is 3.36. The Morgan fingerprint density at radius 3 is 3.00 bits per heavy atom. The van der Waals surface area contributed by atoms with Crippen LogP contribution in [-0.2, 0) is 13.1 Å². The van der Waals surface area contributed by atoms with Gasteiger partial charge in [-0.1, -0.05) is 12.1 Å². The van der Waals surface area contributed by atoms with Crippen LogP contribution in [0.25, 0.3) is 0 Å². The van der Waals surface area contributed by atoms with E-state index in [2.05, 4.69) is 32.1 Å². The number of urea groups is 1. The van der Waals surface area contributed by atoms with E-state index in [1.807, 2.05) is 35.1 Å². The summed E-state index contributed by atoms with van der Waals surface area (Å²) in [5, 5.41) is 10.9. The molecule has 2 atom stereocenters. The summed E-state index contributed by atoms with van der Waals surface area (Å²) in [5.74, 6) is 1.80. The van der Waals surface area contributed by atoms with Crippen molar-refractivity contribution >= 4 is 6.03 Å². The molecule has 2 unspecified atom stereocenters. The first-order valence-electron chi connectivity index (χ1n) is 8.96. The van der Waals surface area contributed by atoms with Gasteiger partial charge in [-0.05, 0) is 31.6 Å². The average Bonchev–Trinajstić information content (AvgIpc) is 3.25. The molecule has 0 saturated carbocycles. The molecule has 3 rings (SSSR count). The lowest BCUT2D eigenvalue weighted by molar-refractivity contribution is 0.156. The van der Waals surface area contributed by atoms with Crippen LogP contribution in [0.15, 0.2) is 24.8 Å². The zero-order chi connectivity index (χ0) is 17.6. The van der Waals surface area contributed by atoms with Gasteiger partial charge >= 0.3 is 6.03 Å². The van der Waals surface area contributed by atoms with Gasteiger partial charge in [-0.25, -0.2) is 9.78 Å². The van der Waals surface area contributed by atoms with Crippen molar-refractivity contribution in [1.82, 2.24) is 34.8 Å². The molecule has 0 aliphatic carbocycles. The normalized spacial score (nSPS) is 19.0. The Morgan fingerprint density at radius 1 is 1.40 bits per heavy atom. The number of imidazole rings is 1. The summed E-state index contributed by atoms with van der Waals surface area (Å²) in [6.07, 6.45) is 9.52. The van der Waals surface area contributed by atoms with Gasteiger partial charge in [-0.2, -0.15) is 0 Å². The summed E-state index contributed by atoms with van der Waals surface area (Å²) >= 11 is 0. The van der Waals surface area contributed by atoms with Crippen molar-refractivity contribution in [2.75, 3.05) is 19.6 Å². The van der Waals surface area contributed by atoms with Crippen LogP contribution in [0.1, 0.15) is 25.6 Å². The van der Waals surface area contributed by atoms with E-state index >= 15 is 0 Å². The van der Waals surface area contributed by atoms with Gasteiger partial charge in [-0.15, -0.1) is 5.10 Å². The number of hydrogen-bond acceptors (Lipinski definition) is 4. The summed E-state index contributed by atoms with van der Waals surface area (Å²) in [6.45, 7) is 8.09. The Balaban J connectivity index is 1.43. The molecule has 2 aromatic rings. The van der Waals surface area contributed by atoms with E-state index in [0.717, 1.165) is 44.8 Å². The van der Waals surface area contributed by atoms with Gasteiger partial charge in [0.1, 0.15) is 5.82 Å². The maximum atomic E-state index is 12.5. The van der Waals surface area contributed by atoms with Gasteiger partial charge in [0.2, 0.25) is 0 Å². The standard InChI is InChI=1S/C17H27N7O/c1-14(11-22-8-5-18-15(22)2)10-19-17(25)23-7-3-4-16(12-23)13-24-9-6-20-21-24/h5-6,8-9,14,16H,3-4,7,10-13H2,1-2H3,(H,19,25). The van der Waals surface area contributed by atoms with E-state index in [1.54, 1.807) is 6.20 Å². The van der Waals surface area contributed by atoms with Crippen molar-refractivity contribution in [3.8, 4) is 0 Å². The highest BCUT2D eigenvalue weighted by Gasteiger charge is 2.24. The molecular formula is C17H27N7O. The zero-order valence-electron chi connectivity index (χ0n) is 15.0. The Hall–Kier alpha value is -2.38. The molecule has 1 saturated heterocycles. The lowest BCUT2D eigenvalue weighted by atomic mass is 9.98. The van der Waals surface area contributed by atoms with Crippen LogP contribution < -0.4 is 5.32 Å². The maximum Gasteiger partial charge on any atom is 0.317 e. The van der Waals surface area contributed by atoms with Crippen molar-refractivity contribution < 1.29 is 4.79 Å². The van der Waals surface area contributed by atoms with Gasteiger partial charge in [0, 0.05) is 51.3 Å². The van der Waals surface area contributed by atoms with Gasteiger partial charge < -0.3 is 14.8 Å². The summed E-state index contributed by atoms with van der Waals surface area (Å²) in [5.41, 5.74) is 0. The topological polar surface area (TPSA) is 80.9 Å². The molecule has 1 aliphatic heterocycles. The van der Waals surface area contributed by atoms with Crippen LogP contribution in [0.3, 0.4) is 0 Å². The summed E-state index contributed by atoms with van der Waals surface area (Å²) in [4.78, 5) is 18.6. The molecule has 0 bridgehead atoms. The number of carbonyl (C=O) groups is 1. The van der Waals surface area contributed by atoms with Crippen LogP contribution >= 0.6 is 0 Å². The molecule has 8 heteroatoms. The number of aryl methyl sites for hydroxylation is 1. The first kappa shape index (κ1) is 17.4. The lowest BCUT2D eigenvalue weighted by Crippen LogP contribution is -2.47. The molecule has 1 aliphatic rings. The molecule has 0 radical (unpaired) electrons. The Kier molecular flexibility index (Phi) is 5.67. The van der Waals surface area contributed by atoms with Crippen molar-refractivity contribution in [3.63, 3.8) is 0 Å². The second kappa shape index (κ2) is 8.13. The average molecular weight is 345 g/mol. The summed E-state index contributed by atoms with van der Waals surface area (Å²) in [6, 6.07) is 0.0393. The minimum absolute atomic E-state index is 0.0393. The van der Waals surface area contributed by atoms with Crippen molar-refractivity contribution in [2.24, 2.45) is 11.8 Å². The highest BCUT2D eigenvalue weighted by atomic mass is 16.2. The quantitative estimate of drug-likeness (QED) is 0.861. The highest BCUT2D eigenvalue weighted by molar-refractivity contribution is 5.74. The third-order valence-electron chi connectivity index (χ3n) is 4.76. The van der Waals surface area contributed by atoms with Crippen LogP contribution in [0.4, 0.5) is 4.79 Å². The first-order valence-corrected chi connectivity index (χ1v) is 8.96. The fraction of sp³-hybridized carbons (Fsp3) is 0.647. The number of nitrogens with one attached hydrogen (secondary N) is 1. The number of aromatic nitrogens is 5. The lowest BCUT2D eigenvalue weighted by Gasteiger charge is -2.33. The molecule has 25 heavy (non-hydrogen) atoms. The Morgan fingerprint density at radius 2 is 2.28 bits per heavy atom. The van der Waals surface area contributed by atoms with Gasteiger partial charge in [0.25, 0.3) is 0 Å². The molecule has 1 N–H and O–H groups in total. The van der Waals surface area contributed by atoms with E-state index in [-0.39, 0.29) is 6.03 Å². The molecule has 8 nitrogen and oxygen atoms in total. The first-order chi connectivity index (χ1) is 12.1. The number of nitrogens with zero attached hydrogens (tertiary/aromatic N) is 6. The summed E-state index contributed by atoms with van der Waals surface area (Å²) < 4.78 is 3.97. The van der Waals surface area contributed by atoms with Gasteiger partial charge in [-0.3, -0.25) is 4.68 Å². The predicted molar refractivity (Wildman–Crippen MR) is 93.8 cm³/mol. The largest absolute Gasteiger partial charge is 0.338 e. The van der Waals surface area contributed by atoms with Crippen molar-refractivity contribution in [1.29, 1.82) is 0 Å². The van der Waals surface area contributed by atoms with Crippen LogP contribution in [0.5, 0.6) is 0 Å². The molecule has 3 heterocycles. The third kappa shape index (κ3) is 4.80. The molecule has 2 aromatic heterocycles. The maximum absolute atomic E-state index is 12.5. The van der Waals surface area contributed by atoms with E-state index in [0.29, 0.717) is 18.4 Å². The van der Waals surface area contributed by atoms with E-state index in [9.17, 15) is 4.79 Å². The van der Waals surface area contributed by atoms with Crippen molar-refractivity contribution in [2.45, 2.75) is 39.8 Å². The molecule has 136 valence electrons. The number of rotatable bonds is 6. The molecule has 1 fully saturated rings. The molecule has 0 aromatic carbocycles. The third-order valence-corrected chi connectivity index (χ3v) is 4.76. The van der Waals surface area contributed by atoms with Crippen LogP contribution in [0, 0.1) is 18.8 Å². The Labute approximate surface area is 148 Å². The van der Waals surface area contributed by atoms with Gasteiger partial charge in [0.15, 0.2) is 0 Å².